The molecule has 2 heterocycles. The van der Waals surface area contributed by atoms with Crippen molar-refractivity contribution in [2.45, 2.75) is 37.3 Å². The lowest BCUT2D eigenvalue weighted by Crippen LogP contribution is -2.51. The molecule has 172 valence electrons. The maximum absolute atomic E-state index is 12.3. The first-order chi connectivity index (χ1) is 14.1. The van der Waals surface area contributed by atoms with E-state index in [1.807, 2.05) is 0 Å². The van der Waals surface area contributed by atoms with Crippen LogP contribution in [0.25, 0.3) is 0 Å². The molecule has 0 aromatic carbocycles. The van der Waals surface area contributed by atoms with Gasteiger partial charge in [0.2, 0.25) is 5.91 Å². The Balaban J connectivity index is 0.00000480. The van der Waals surface area contributed by atoms with Gasteiger partial charge in [0.1, 0.15) is 5.82 Å². The number of carbonyl (C=O) groups is 2. The first-order valence-electron chi connectivity index (χ1n) is 9.10. The Morgan fingerprint density at radius 3 is 2.71 bits per heavy atom. The summed E-state index contributed by atoms with van der Waals surface area (Å²) < 4.78 is 6.57. The van der Waals surface area contributed by atoms with E-state index >= 15 is 0 Å². The zero-order valence-electron chi connectivity index (χ0n) is 16.8. The number of carboxylic acids is 1. The van der Waals surface area contributed by atoms with Crippen molar-refractivity contribution in [3.05, 3.63) is 34.9 Å². The number of hydrogen-bond acceptors (Lipinski definition) is 8. The second-order valence-electron chi connectivity index (χ2n) is 6.87. The molecule has 9 N–H and O–H groups in total. The van der Waals surface area contributed by atoms with Gasteiger partial charge in [0.25, 0.3) is 0 Å². The first kappa shape index (κ1) is 25.9. The van der Waals surface area contributed by atoms with Crippen LogP contribution in [0.1, 0.15) is 19.1 Å². The van der Waals surface area contributed by atoms with Crippen molar-refractivity contribution in [2.24, 2.45) is 11.5 Å². The summed E-state index contributed by atoms with van der Waals surface area (Å²) in [7, 11) is 1.63. The van der Waals surface area contributed by atoms with Gasteiger partial charge >= 0.3 is 11.7 Å². The number of nitrogens with zero attached hydrogens (tertiary/aromatic N) is 3. The van der Waals surface area contributed by atoms with Gasteiger partial charge in [0.15, 0.2) is 18.3 Å². The summed E-state index contributed by atoms with van der Waals surface area (Å²) in [4.78, 5) is 40.9. The molecule has 31 heavy (non-hydrogen) atoms. The Bertz CT molecular complexity index is 892. The predicted molar refractivity (Wildman–Crippen MR) is 115 cm³/mol. The number of nitrogens with one attached hydrogen (secondary N) is 2. The summed E-state index contributed by atoms with van der Waals surface area (Å²) >= 11 is 0. The van der Waals surface area contributed by atoms with Crippen LogP contribution in [0, 0.1) is 5.41 Å². The maximum atomic E-state index is 12.3. The minimum absolute atomic E-state index is 0. The molecule has 0 saturated carbocycles. The van der Waals surface area contributed by atoms with Gasteiger partial charge in [-0.2, -0.15) is 4.98 Å². The topological polar surface area (TPSA) is 216 Å². The molecule has 0 fully saturated rings. The minimum Gasteiger partial charge on any atom is -0.479 e. The van der Waals surface area contributed by atoms with Crippen LogP contribution in [0.15, 0.2) is 29.2 Å². The highest BCUT2D eigenvalue weighted by Gasteiger charge is 2.35. The minimum atomic E-state index is -1.42. The van der Waals surface area contributed by atoms with E-state index in [0.29, 0.717) is 13.0 Å². The van der Waals surface area contributed by atoms with E-state index in [1.165, 1.54) is 29.3 Å². The number of anilines is 1. The molecule has 0 unspecified atom stereocenters. The standard InChI is InChI=1S/C17H26N8O5.ClH/c1-24(16(20)21)6-4-9(18)8-12(26)22-10-2-3-13(30-14(10)15(27)28)25-7-5-11(19)23-17(25)29;/h2-3,5,7,9-10,13-14H,4,6,8,18H2,1H3,(H3,20,21)(H,22,26)(H,27,28)(H2,19,23,29);1H/t9-,10+,13+,14-;/m0./s1. The van der Waals surface area contributed by atoms with Gasteiger partial charge in [-0.05, 0) is 18.6 Å². The molecule has 0 saturated heterocycles. The van der Waals surface area contributed by atoms with Crippen molar-refractivity contribution in [3.8, 4) is 0 Å². The summed E-state index contributed by atoms with van der Waals surface area (Å²) in [6.07, 6.45) is 2.17. The lowest BCUT2D eigenvalue weighted by molar-refractivity contribution is -0.159. The Labute approximate surface area is 184 Å². The summed E-state index contributed by atoms with van der Waals surface area (Å²) in [5.74, 6) is -1.84. The number of hydrogen-bond donors (Lipinski definition) is 6. The van der Waals surface area contributed by atoms with E-state index in [0.717, 1.165) is 4.57 Å². The van der Waals surface area contributed by atoms with Crippen molar-refractivity contribution in [1.82, 2.24) is 19.8 Å². The molecule has 0 aliphatic carbocycles. The van der Waals surface area contributed by atoms with Crippen molar-refractivity contribution < 1.29 is 19.4 Å². The fourth-order valence-electron chi connectivity index (χ4n) is 2.77. The highest BCUT2D eigenvalue weighted by molar-refractivity contribution is 5.85. The fourth-order valence-corrected chi connectivity index (χ4v) is 2.77. The van der Waals surface area contributed by atoms with Gasteiger partial charge in [0, 0.05) is 32.3 Å². The van der Waals surface area contributed by atoms with Crippen LogP contribution in [-0.4, -0.2) is 69.2 Å². The molecule has 1 aliphatic heterocycles. The highest BCUT2D eigenvalue weighted by atomic mass is 35.5. The van der Waals surface area contributed by atoms with Crippen LogP contribution in [-0.2, 0) is 14.3 Å². The molecule has 1 aromatic heterocycles. The maximum Gasteiger partial charge on any atom is 0.351 e. The molecule has 0 radical (unpaired) electrons. The van der Waals surface area contributed by atoms with Gasteiger partial charge in [-0.15, -0.1) is 12.4 Å². The molecule has 0 spiro atoms. The number of carboxylic acid groups (broad SMARTS) is 1. The van der Waals surface area contributed by atoms with Gasteiger partial charge in [0.05, 0.1) is 6.04 Å². The van der Waals surface area contributed by atoms with E-state index in [9.17, 15) is 19.5 Å². The number of guanidine groups is 1. The molecule has 2 rings (SSSR count). The zero-order valence-corrected chi connectivity index (χ0v) is 17.6. The Morgan fingerprint density at radius 2 is 2.13 bits per heavy atom. The number of aliphatic carboxylic acids is 1. The SMILES string of the molecule is CN(CC[C@H](N)CC(=O)N[C@@H]1C=C[C@H](n2ccc(N)nc2=O)O[C@@H]1C(=O)O)C(=N)N.Cl. The van der Waals surface area contributed by atoms with Gasteiger partial charge in [-0.3, -0.25) is 14.8 Å². The third kappa shape index (κ3) is 7.24. The largest absolute Gasteiger partial charge is 0.479 e. The number of ether oxygens (including phenoxy) is 1. The van der Waals surface area contributed by atoms with Crippen LogP contribution < -0.4 is 28.2 Å². The number of rotatable bonds is 8. The summed E-state index contributed by atoms with van der Waals surface area (Å²) in [5, 5.41) is 19.4. The number of aromatic nitrogens is 2. The average molecular weight is 459 g/mol. The molecule has 1 aromatic rings. The van der Waals surface area contributed by atoms with Crippen LogP contribution in [0.4, 0.5) is 5.82 Å². The van der Waals surface area contributed by atoms with Gasteiger partial charge in [-0.1, -0.05) is 6.08 Å². The van der Waals surface area contributed by atoms with Gasteiger partial charge in [-0.25, -0.2) is 9.59 Å². The van der Waals surface area contributed by atoms with Crippen molar-refractivity contribution >= 4 is 36.1 Å². The van der Waals surface area contributed by atoms with Crippen LogP contribution in [0.5, 0.6) is 0 Å². The van der Waals surface area contributed by atoms with Crippen LogP contribution in [0.2, 0.25) is 0 Å². The number of nitrogen functional groups attached to an aromatic ring is 1. The lowest BCUT2D eigenvalue weighted by atomic mass is 10.1. The Morgan fingerprint density at radius 1 is 1.45 bits per heavy atom. The number of amides is 1. The summed E-state index contributed by atoms with van der Waals surface area (Å²) in [6.45, 7) is 0.403. The number of carbonyl (C=O) groups excluding carboxylic acids is 1. The monoisotopic (exact) mass is 458 g/mol. The second-order valence-corrected chi connectivity index (χ2v) is 6.87. The van der Waals surface area contributed by atoms with Crippen molar-refractivity contribution in [1.29, 1.82) is 5.41 Å². The third-order valence-electron chi connectivity index (χ3n) is 4.49. The Kier molecular flexibility index (Phi) is 9.42. The van der Waals surface area contributed by atoms with E-state index < -0.39 is 42.0 Å². The molecule has 4 atom stereocenters. The molecule has 1 amide bonds. The summed E-state index contributed by atoms with van der Waals surface area (Å²) in [6, 6.07) is -0.0702. The number of halogens is 1. The van der Waals surface area contributed by atoms with Crippen LogP contribution >= 0.6 is 12.4 Å². The molecule has 13 nitrogen and oxygen atoms in total. The van der Waals surface area contributed by atoms with Gasteiger partial charge < -0.3 is 37.3 Å². The van der Waals surface area contributed by atoms with Crippen LogP contribution in [0.3, 0.4) is 0 Å². The quantitative estimate of drug-likeness (QED) is 0.146. The second kappa shape index (κ2) is 11.3. The predicted octanol–water partition coefficient (Wildman–Crippen LogP) is -1.80. The molecule has 0 bridgehead atoms. The average Bonchev–Trinajstić information content (AvgIpc) is 2.66. The lowest BCUT2D eigenvalue weighted by Gasteiger charge is -2.31. The molecule has 14 heteroatoms. The van der Waals surface area contributed by atoms with E-state index in [4.69, 9.17) is 27.3 Å². The molecule has 1 aliphatic rings. The molecular formula is C17H27ClN8O5. The molecular weight excluding hydrogens is 432 g/mol. The number of nitrogens with two attached hydrogens (primary N) is 3. The Hall–Kier alpha value is -3.16. The van der Waals surface area contributed by atoms with E-state index in [-0.39, 0.29) is 30.6 Å². The third-order valence-corrected chi connectivity index (χ3v) is 4.49. The summed E-state index contributed by atoms with van der Waals surface area (Å²) in [5.41, 5.74) is 16.0. The smallest absolute Gasteiger partial charge is 0.351 e. The highest BCUT2D eigenvalue weighted by Crippen LogP contribution is 2.20. The first-order valence-corrected chi connectivity index (χ1v) is 9.10. The van der Waals surface area contributed by atoms with Crippen molar-refractivity contribution in [3.63, 3.8) is 0 Å². The van der Waals surface area contributed by atoms with E-state index in [1.54, 1.807) is 7.05 Å². The van der Waals surface area contributed by atoms with E-state index in [2.05, 4.69) is 10.3 Å². The zero-order chi connectivity index (χ0) is 22.4. The fraction of sp³-hybridized carbons (Fsp3) is 0.471. The van der Waals surface area contributed by atoms with Crippen molar-refractivity contribution in [2.75, 3.05) is 19.3 Å². The normalized spacial score (nSPS) is 20.9.